The van der Waals surface area contributed by atoms with E-state index in [-0.39, 0.29) is 6.61 Å². The van der Waals surface area contributed by atoms with Gasteiger partial charge in [0, 0.05) is 34.6 Å². The van der Waals surface area contributed by atoms with Crippen LogP contribution < -0.4 is 47.4 Å². The van der Waals surface area contributed by atoms with Crippen molar-refractivity contribution in [2.75, 3.05) is 66.1 Å². The number of hydrogen-bond acceptors (Lipinski definition) is 17. The second kappa shape index (κ2) is 19.4. The van der Waals surface area contributed by atoms with Crippen LogP contribution in [0.1, 0.15) is 74.9 Å². The molecule has 0 amide bonds. The molecule has 11 heterocycles. The number of benzene rings is 1. The number of aromatic nitrogens is 1. The van der Waals surface area contributed by atoms with Crippen molar-refractivity contribution in [2.45, 2.75) is 65.3 Å². The van der Waals surface area contributed by atoms with Crippen LogP contribution in [0.2, 0.25) is 0 Å². The molecule has 2 unspecified atom stereocenters. The third kappa shape index (κ3) is 7.81. The SMILES string of the molecule is CCCCC(CC)Cn1c2c(c3cc(-c4sc(-c5sc(-c6sc(-c7sc(-c8sc(/C=C(\C#N)C(=O)O)c9c8OCCO9)c8c7OCCO8)c7c6OCCO7)c6c5OCCO6)c5c4OCCO5)ccc31)C=CCC2C. The number of carboxylic acid groups (broad SMARTS) is 1. The maximum atomic E-state index is 11.9. The smallest absolute Gasteiger partial charge is 0.346 e. The van der Waals surface area contributed by atoms with Crippen molar-refractivity contribution in [1.82, 2.24) is 4.57 Å². The number of rotatable bonds is 13. The minimum Gasteiger partial charge on any atom is -0.485 e. The zero-order valence-corrected chi connectivity index (χ0v) is 44.9. The van der Waals surface area contributed by atoms with E-state index >= 15 is 0 Å². The number of fused-ring (bicyclic) bond motifs is 8. The van der Waals surface area contributed by atoms with Crippen molar-refractivity contribution < 1.29 is 57.3 Å². The lowest BCUT2D eigenvalue weighted by molar-refractivity contribution is -0.132. The molecule has 14 nitrogen and oxygen atoms in total. The Morgan fingerprint density at radius 3 is 1.54 bits per heavy atom. The predicted molar refractivity (Wildman–Crippen MR) is 290 cm³/mol. The van der Waals surface area contributed by atoms with Gasteiger partial charge in [-0.05, 0) is 42.5 Å². The van der Waals surface area contributed by atoms with E-state index in [1.54, 1.807) is 28.7 Å². The molecule has 5 aliphatic heterocycles. The molecule has 1 aliphatic carbocycles. The second-order valence-corrected chi connectivity index (χ2v) is 23.8. The Kier molecular flexibility index (Phi) is 12.5. The summed E-state index contributed by atoms with van der Waals surface area (Å²) >= 11 is 7.48. The van der Waals surface area contributed by atoms with Gasteiger partial charge in [0.25, 0.3) is 0 Å². The number of aliphatic carboxylic acids is 1. The first-order valence-electron chi connectivity index (χ1n) is 25.1. The van der Waals surface area contributed by atoms with Crippen LogP contribution in [0.25, 0.3) is 72.5 Å². The molecule has 1 N–H and O–H groups in total. The first-order chi connectivity index (χ1) is 36.3. The van der Waals surface area contributed by atoms with Crippen LogP contribution in [0.4, 0.5) is 0 Å². The lowest BCUT2D eigenvalue weighted by Crippen LogP contribution is -2.16. The van der Waals surface area contributed by atoms with Gasteiger partial charge in [0.2, 0.25) is 0 Å². The first kappa shape index (κ1) is 47.4. The molecule has 0 radical (unpaired) electrons. The van der Waals surface area contributed by atoms with Crippen LogP contribution >= 0.6 is 56.7 Å². The van der Waals surface area contributed by atoms with Gasteiger partial charge < -0.3 is 57.0 Å². The third-order valence-electron chi connectivity index (χ3n) is 14.1. The number of ether oxygens (including phenoxy) is 10. The fourth-order valence-electron chi connectivity index (χ4n) is 10.7. The Morgan fingerprint density at radius 1 is 0.662 bits per heavy atom. The number of allylic oxidation sites excluding steroid dienone is 1. The summed E-state index contributed by atoms with van der Waals surface area (Å²) in [5.41, 5.74) is 4.71. The maximum absolute atomic E-state index is 11.9. The summed E-state index contributed by atoms with van der Waals surface area (Å²) < 4.78 is 67.0. The molecule has 19 heteroatoms. The van der Waals surface area contributed by atoms with Gasteiger partial charge in [-0.15, -0.1) is 56.7 Å². The normalized spacial score (nSPS) is 17.5. The number of hydrogen-bond donors (Lipinski definition) is 1. The van der Waals surface area contributed by atoms with Crippen LogP contribution in [-0.4, -0.2) is 81.7 Å². The summed E-state index contributed by atoms with van der Waals surface area (Å²) in [5, 5.41) is 20.6. The van der Waals surface area contributed by atoms with E-state index in [0.717, 1.165) is 69.7 Å². The summed E-state index contributed by atoms with van der Waals surface area (Å²) in [6.45, 7) is 11.6. The van der Waals surface area contributed by atoms with Crippen molar-refractivity contribution in [3.05, 3.63) is 46.0 Å². The number of thiophene rings is 5. The number of carboxylic acids is 1. The largest absolute Gasteiger partial charge is 0.485 e. The summed E-state index contributed by atoms with van der Waals surface area (Å²) in [4.78, 5) is 19.8. The molecule has 6 aliphatic rings. The van der Waals surface area contributed by atoms with Crippen LogP contribution in [0.3, 0.4) is 0 Å². The highest BCUT2D eigenvalue weighted by Gasteiger charge is 2.40. The molecule has 13 rings (SSSR count). The Bertz CT molecular complexity index is 3500. The number of nitrogens with zero attached hydrogens (tertiary/aromatic N) is 2. The molecule has 0 spiro atoms. The van der Waals surface area contributed by atoms with E-state index in [1.165, 1.54) is 81.5 Å². The minimum atomic E-state index is -1.33. The van der Waals surface area contributed by atoms with Gasteiger partial charge in [-0.1, -0.05) is 58.3 Å². The molecule has 0 fully saturated rings. The van der Waals surface area contributed by atoms with Gasteiger partial charge in [0.05, 0.1) is 48.8 Å². The fourth-order valence-corrected chi connectivity index (χ4v) is 17.0. The standard InChI is InChI=1S/C55H50N2O12S5/c1-4-6-9-28(5-2)26-57-33-12-11-29(23-32(33)31-10-7-8-27(3)35(31)57)46-38-39(63-16-15-62-38)49(71-46)50-42-43(67-20-19-66-42)53(73-50)54-45-44(68-21-22-69-45)52(74-54)51-41-40(64-17-18-65-41)48(72-51)47-37-36(60-13-14-61-37)34(70-47)24-30(25-56)55(58)59/h7,10-12,23-24,27-28H,4-6,8-9,13-22,26H2,1-3H3,(H,58,59)/b30-24+. The third-order valence-corrected chi connectivity index (χ3v) is 20.5. The highest BCUT2D eigenvalue weighted by molar-refractivity contribution is 7.31. The predicted octanol–water partition coefficient (Wildman–Crippen LogP) is 13.9. The van der Waals surface area contributed by atoms with Crippen LogP contribution in [0, 0.1) is 17.2 Å². The highest BCUT2D eigenvalue weighted by atomic mass is 32.1. The van der Waals surface area contributed by atoms with Gasteiger partial charge in [-0.3, -0.25) is 0 Å². The molecule has 0 saturated carbocycles. The number of unbranched alkanes of at least 4 members (excludes halogenated alkanes) is 1. The molecule has 0 bridgehead atoms. The highest BCUT2D eigenvalue weighted by Crippen LogP contribution is 2.68. The molecule has 0 saturated heterocycles. The van der Waals surface area contributed by atoms with Crippen molar-refractivity contribution in [1.29, 1.82) is 5.26 Å². The van der Waals surface area contributed by atoms with Gasteiger partial charge in [-0.2, -0.15) is 5.26 Å². The van der Waals surface area contributed by atoms with Crippen LogP contribution in [0.15, 0.2) is 29.8 Å². The molecule has 1 aromatic carbocycles. The van der Waals surface area contributed by atoms with E-state index in [4.69, 9.17) is 47.4 Å². The van der Waals surface area contributed by atoms with Crippen molar-refractivity contribution in [3.63, 3.8) is 0 Å². The van der Waals surface area contributed by atoms with Crippen molar-refractivity contribution in [2.24, 2.45) is 5.92 Å². The van der Waals surface area contributed by atoms with Crippen molar-refractivity contribution >= 4 is 85.7 Å². The quantitative estimate of drug-likeness (QED) is 0.0860. The molecular formula is C55H50N2O12S5. The lowest BCUT2D eigenvalue weighted by atomic mass is 9.92. The van der Waals surface area contributed by atoms with Gasteiger partial charge >= 0.3 is 5.97 Å². The molecular weight excluding hydrogens is 1040 g/mol. The Labute approximate surface area is 446 Å². The van der Waals surface area contributed by atoms with Crippen molar-refractivity contribution in [3.8, 4) is 113 Å². The maximum Gasteiger partial charge on any atom is 0.346 e. The molecule has 7 aromatic rings. The summed E-state index contributed by atoms with van der Waals surface area (Å²) in [5.74, 6) is 5.59. The number of nitriles is 1. The fraction of sp³-hybridized carbons (Fsp3) is 0.382. The zero-order chi connectivity index (χ0) is 50.2. The second-order valence-electron chi connectivity index (χ2n) is 18.7. The van der Waals surface area contributed by atoms with Gasteiger partial charge in [0.15, 0.2) is 57.5 Å². The average Bonchev–Trinajstić information content (AvgIpc) is 4.31. The number of carbonyl (C=O) groups is 1. The van der Waals surface area contributed by atoms with E-state index in [0.29, 0.717) is 133 Å². The summed E-state index contributed by atoms with van der Waals surface area (Å²) in [7, 11) is 0. The van der Waals surface area contributed by atoms with Gasteiger partial charge in [0.1, 0.15) is 77.7 Å². The first-order valence-corrected chi connectivity index (χ1v) is 29.2. The average molecular weight is 1090 g/mol. The molecule has 74 heavy (non-hydrogen) atoms. The molecule has 2 atom stereocenters. The monoisotopic (exact) mass is 1090 g/mol. The minimum absolute atomic E-state index is 0.275. The Morgan fingerprint density at radius 2 is 1.09 bits per heavy atom. The Hall–Kier alpha value is -6.30. The molecule has 382 valence electrons. The van der Waals surface area contributed by atoms with E-state index in [9.17, 15) is 15.2 Å². The molecule has 6 aromatic heterocycles. The lowest BCUT2D eigenvalue weighted by Gasteiger charge is -2.23. The zero-order valence-electron chi connectivity index (χ0n) is 40.8. The summed E-state index contributed by atoms with van der Waals surface area (Å²) in [6.07, 6.45) is 11.9. The van der Waals surface area contributed by atoms with E-state index in [1.807, 2.05) is 0 Å². The van der Waals surface area contributed by atoms with E-state index < -0.39 is 11.5 Å². The van der Waals surface area contributed by atoms with Crippen LogP contribution in [0.5, 0.6) is 57.5 Å². The summed E-state index contributed by atoms with van der Waals surface area (Å²) in [6, 6.07) is 8.70. The van der Waals surface area contributed by atoms with Crippen LogP contribution in [-0.2, 0) is 11.3 Å². The topological polar surface area (TPSA) is 158 Å². The van der Waals surface area contributed by atoms with E-state index in [2.05, 4.69) is 55.7 Å². The van der Waals surface area contributed by atoms with Gasteiger partial charge in [-0.25, -0.2) is 4.79 Å². The Balaban J connectivity index is 0.925.